The molecule has 0 radical (unpaired) electrons. The van der Waals surface area contributed by atoms with Crippen molar-refractivity contribution in [2.24, 2.45) is 0 Å². The standard InChI is InChI=1S/C25H26O.C12H18/c1-17(2)23-15-14-22(16-24(23)18(3)4)19-10-12-21(13-11-19)25(26)20-8-6-5-7-9-20;1-9(2)11-7-5-6-8-12(11)10(3)4/h5-18H,1-4H3;5-10H,1-4H3. The van der Waals surface area contributed by atoms with E-state index >= 15 is 0 Å². The van der Waals surface area contributed by atoms with Gasteiger partial charge in [-0.3, -0.25) is 4.79 Å². The molecule has 0 saturated heterocycles. The summed E-state index contributed by atoms with van der Waals surface area (Å²) in [7, 11) is 0. The Morgan fingerprint density at radius 3 is 1.29 bits per heavy atom. The lowest BCUT2D eigenvalue weighted by molar-refractivity contribution is 0.103. The Bertz CT molecular complexity index is 1280. The molecule has 198 valence electrons. The van der Waals surface area contributed by atoms with E-state index in [0.29, 0.717) is 23.7 Å². The minimum atomic E-state index is 0.0650. The molecule has 0 aliphatic rings. The third-order valence-corrected chi connectivity index (χ3v) is 7.09. The van der Waals surface area contributed by atoms with Gasteiger partial charge < -0.3 is 0 Å². The predicted octanol–water partition coefficient (Wildman–Crippen LogP) is 10.8. The van der Waals surface area contributed by atoms with Crippen molar-refractivity contribution in [1.29, 1.82) is 0 Å². The molecule has 4 aromatic rings. The minimum Gasteiger partial charge on any atom is -0.289 e. The Labute approximate surface area is 231 Å². The van der Waals surface area contributed by atoms with Crippen molar-refractivity contribution < 1.29 is 4.79 Å². The monoisotopic (exact) mass is 504 g/mol. The number of hydrogen-bond donors (Lipinski definition) is 0. The van der Waals surface area contributed by atoms with Crippen molar-refractivity contribution in [3.05, 3.63) is 130 Å². The number of rotatable bonds is 7. The van der Waals surface area contributed by atoms with Crippen LogP contribution in [0.1, 0.15) is 117 Å². The zero-order chi connectivity index (χ0) is 27.8. The van der Waals surface area contributed by atoms with Crippen LogP contribution in [0.2, 0.25) is 0 Å². The van der Waals surface area contributed by atoms with Gasteiger partial charge in [-0.1, -0.05) is 152 Å². The lowest BCUT2D eigenvalue weighted by Crippen LogP contribution is -2.01. The lowest BCUT2D eigenvalue weighted by atomic mass is 9.88. The SMILES string of the molecule is CC(C)c1ccc(-c2ccc(C(=O)c3ccccc3)cc2)cc1C(C)C.CC(C)c1ccccc1C(C)C. The Morgan fingerprint density at radius 2 is 0.816 bits per heavy atom. The molecule has 0 bridgehead atoms. The van der Waals surface area contributed by atoms with Crippen molar-refractivity contribution >= 4 is 5.78 Å². The molecule has 1 nitrogen and oxygen atoms in total. The molecule has 0 amide bonds. The van der Waals surface area contributed by atoms with Crippen LogP contribution in [0.15, 0.2) is 97.1 Å². The highest BCUT2D eigenvalue weighted by Gasteiger charge is 2.13. The lowest BCUT2D eigenvalue weighted by Gasteiger charge is -2.17. The van der Waals surface area contributed by atoms with Gasteiger partial charge in [0.05, 0.1) is 0 Å². The quantitative estimate of drug-likeness (QED) is 0.229. The van der Waals surface area contributed by atoms with E-state index in [1.807, 2.05) is 54.6 Å². The molecule has 0 aromatic heterocycles. The van der Waals surface area contributed by atoms with Crippen molar-refractivity contribution in [1.82, 2.24) is 0 Å². The molecule has 0 spiro atoms. The van der Waals surface area contributed by atoms with E-state index in [9.17, 15) is 4.79 Å². The Balaban J connectivity index is 0.000000279. The molecular weight excluding hydrogens is 460 g/mol. The molecule has 38 heavy (non-hydrogen) atoms. The van der Waals surface area contributed by atoms with Crippen LogP contribution < -0.4 is 0 Å². The van der Waals surface area contributed by atoms with Gasteiger partial charge in [0.2, 0.25) is 0 Å². The summed E-state index contributed by atoms with van der Waals surface area (Å²) in [6.45, 7) is 18.0. The molecule has 0 heterocycles. The van der Waals surface area contributed by atoms with E-state index in [4.69, 9.17) is 0 Å². The average molecular weight is 505 g/mol. The summed E-state index contributed by atoms with van der Waals surface area (Å²) in [4.78, 5) is 12.6. The van der Waals surface area contributed by atoms with E-state index in [2.05, 4.69) is 97.9 Å². The summed E-state index contributed by atoms with van der Waals surface area (Å²) in [5, 5.41) is 0. The first-order valence-electron chi connectivity index (χ1n) is 14.0. The van der Waals surface area contributed by atoms with Gasteiger partial charge in [0, 0.05) is 11.1 Å². The van der Waals surface area contributed by atoms with E-state index < -0.39 is 0 Å². The highest BCUT2D eigenvalue weighted by Crippen LogP contribution is 2.31. The first-order chi connectivity index (χ1) is 18.1. The number of benzene rings is 4. The maximum absolute atomic E-state index is 12.6. The van der Waals surface area contributed by atoms with Crippen LogP contribution in [0.25, 0.3) is 11.1 Å². The zero-order valence-corrected chi connectivity index (χ0v) is 24.5. The van der Waals surface area contributed by atoms with Crippen LogP contribution in [0.5, 0.6) is 0 Å². The Morgan fingerprint density at radius 1 is 0.421 bits per heavy atom. The van der Waals surface area contributed by atoms with Crippen molar-refractivity contribution in [3.63, 3.8) is 0 Å². The van der Waals surface area contributed by atoms with Gasteiger partial charge in [0.25, 0.3) is 0 Å². The Hall–Kier alpha value is -3.45. The fourth-order valence-electron chi connectivity index (χ4n) is 4.91. The molecule has 0 aliphatic carbocycles. The van der Waals surface area contributed by atoms with Gasteiger partial charge in [-0.15, -0.1) is 0 Å². The first-order valence-corrected chi connectivity index (χ1v) is 14.0. The molecule has 4 aromatic carbocycles. The number of carbonyl (C=O) groups excluding carboxylic acids is 1. The average Bonchev–Trinajstić information content (AvgIpc) is 2.93. The van der Waals surface area contributed by atoms with Gasteiger partial charge in [-0.2, -0.15) is 0 Å². The third kappa shape index (κ3) is 7.32. The molecule has 0 atom stereocenters. The highest BCUT2D eigenvalue weighted by atomic mass is 16.1. The van der Waals surface area contributed by atoms with Crippen LogP contribution in [0, 0.1) is 0 Å². The van der Waals surface area contributed by atoms with Gasteiger partial charge in [0.1, 0.15) is 0 Å². The smallest absolute Gasteiger partial charge is 0.193 e. The maximum atomic E-state index is 12.6. The second-order valence-electron chi connectivity index (χ2n) is 11.4. The van der Waals surface area contributed by atoms with Crippen LogP contribution in [-0.4, -0.2) is 5.78 Å². The van der Waals surface area contributed by atoms with Gasteiger partial charge in [-0.05, 0) is 57.1 Å². The summed E-state index contributed by atoms with van der Waals surface area (Å²) in [5.41, 5.74) is 9.61. The predicted molar refractivity (Wildman–Crippen MR) is 165 cm³/mol. The molecule has 4 rings (SSSR count). The van der Waals surface area contributed by atoms with Gasteiger partial charge in [0.15, 0.2) is 5.78 Å². The summed E-state index contributed by atoms with van der Waals surface area (Å²) < 4.78 is 0. The largest absolute Gasteiger partial charge is 0.289 e. The summed E-state index contributed by atoms with van der Waals surface area (Å²) in [5.74, 6) is 2.36. The Kier molecular flexibility index (Phi) is 10.2. The van der Waals surface area contributed by atoms with Crippen LogP contribution in [0.4, 0.5) is 0 Å². The van der Waals surface area contributed by atoms with E-state index in [1.54, 1.807) is 0 Å². The second kappa shape index (κ2) is 13.4. The van der Waals surface area contributed by atoms with Crippen molar-refractivity contribution in [3.8, 4) is 11.1 Å². The molecule has 0 aliphatic heterocycles. The number of carbonyl (C=O) groups is 1. The van der Waals surface area contributed by atoms with Crippen molar-refractivity contribution in [2.75, 3.05) is 0 Å². The van der Waals surface area contributed by atoms with Crippen LogP contribution >= 0.6 is 0 Å². The summed E-state index contributed by atoms with van der Waals surface area (Å²) >= 11 is 0. The van der Waals surface area contributed by atoms with Crippen LogP contribution in [-0.2, 0) is 0 Å². The van der Waals surface area contributed by atoms with E-state index in [-0.39, 0.29) is 5.78 Å². The van der Waals surface area contributed by atoms with E-state index in [1.165, 1.54) is 27.8 Å². The number of ketones is 1. The van der Waals surface area contributed by atoms with Crippen LogP contribution in [0.3, 0.4) is 0 Å². The van der Waals surface area contributed by atoms with Gasteiger partial charge in [-0.25, -0.2) is 0 Å². The normalized spacial score (nSPS) is 11.2. The molecule has 0 saturated carbocycles. The zero-order valence-electron chi connectivity index (χ0n) is 24.5. The maximum Gasteiger partial charge on any atom is 0.193 e. The number of hydrogen-bond acceptors (Lipinski definition) is 1. The van der Waals surface area contributed by atoms with Gasteiger partial charge >= 0.3 is 0 Å². The molecule has 1 heteroatoms. The fourth-order valence-corrected chi connectivity index (χ4v) is 4.91. The summed E-state index contributed by atoms with van der Waals surface area (Å²) in [6, 6.07) is 32.8. The molecule has 0 unspecified atom stereocenters. The molecule has 0 N–H and O–H groups in total. The molecular formula is C37H44O. The fraction of sp³-hybridized carbons (Fsp3) is 0.324. The first kappa shape index (κ1) is 29.1. The van der Waals surface area contributed by atoms with Crippen molar-refractivity contribution in [2.45, 2.75) is 79.1 Å². The second-order valence-corrected chi connectivity index (χ2v) is 11.4. The topological polar surface area (TPSA) is 17.1 Å². The summed E-state index contributed by atoms with van der Waals surface area (Å²) in [6.07, 6.45) is 0. The molecule has 0 fully saturated rings. The third-order valence-electron chi connectivity index (χ3n) is 7.09. The minimum absolute atomic E-state index is 0.0650. The highest BCUT2D eigenvalue weighted by molar-refractivity contribution is 6.09. The van der Waals surface area contributed by atoms with E-state index in [0.717, 1.165) is 16.7 Å².